The Morgan fingerprint density at radius 2 is 2.10 bits per heavy atom. The highest BCUT2D eigenvalue weighted by atomic mass is 16.3. The summed E-state index contributed by atoms with van der Waals surface area (Å²) in [6.45, 7) is 0.749. The molecule has 2 heterocycles. The standard InChI is InChI=1S/C15H21N3O2/c19-10-12-6-3-9-18(12)15(20)13-7-8-16-14(17-13)11-4-1-2-5-11/h7-8,11-12,19H,1-6,9-10H2/t12-/m1/s1. The molecule has 1 saturated heterocycles. The smallest absolute Gasteiger partial charge is 0.272 e. The Bertz CT molecular complexity index is 486. The van der Waals surface area contributed by atoms with Crippen molar-refractivity contribution in [2.45, 2.75) is 50.5 Å². The molecule has 1 aromatic heterocycles. The van der Waals surface area contributed by atoms with E-state index in [1.807, 2.05) is 0 Å². The van der Waals surface area contributed by atoms with Crippen LogP contribution in [0.15, 0.2) is 12.3 Å². The van der Waals surface area contributed by atoms with Crippen molar-refractivity contribution < 1.29 is 9.90 Å². The van der Waals surface area contributed by atoms with Crippen LogP contribution in [0, 0.1) is 0 Å². The number of aliphatic hydroxyl groups is 1. The molecule has 1 aromatic rings. The van der Waals surface area contributed by atoms with E-state index in [1.165, 1.54) is 12.8 Å². The van der Waals surface area contributed by atoms with Crippen LogP contribution < -0.4 is 0 Å². The second-order valence-corrected chi connectivity index (χ2v) is 5.76. The van der Waals surface area contributed by atoms with Crippen molar-refractivity contribution in [2.75, 3.05) is 13.2 Å². The average molecular weight is 275 g/mol. The van der Waals surface area contributed by atoms with E-state index in [9.17, 15) is 9.90 Å². The normalized spacial score (nSPS) is 23.4. The summed E-state index contributed by atoms with van der Waals surface area (Å²) in [5.41, 5.74) is 0.474. The molecule has 0 aromatic carbocycles. The monoisotopic (exact) mass is 275 g/mol. The van der Waals surface area contributed by atoms with Crippen molar-refractivity contribution in [1.82, 2.24) is 14.9 Å². The molecule has 1 aliphatic carbocycles. The number of hydrogen-bond acceptors (Lipinski definition) is 4. The van der Waals surface area contributed by atoms with Gasteiger partial charge in [0.2, 0.25) is 0 Å². The van der Waals surface area contributed by atoms with E-state index in [-0.39, 0.29) is 18.6 Å². The van der Waals surface area contributed by atoms with Gasteiger partial charge in [-0.3, -0.25) is 4.79 Å². The average Bonchev–Trinajstić information content (AvgIpc) is 3.17. The fourth-order valence-electron chi connectivity index (χ4n) is 3.31. The molecule has 1 aliphatic heterocycles. The molecule has 1 saturated carbocycles. The zero-order valence-electron chi connectivity index (χ0n) is 11.7. The van der Waals surface area contributed by atoms with Gasteiger partial charge in [-0.15, -0.1) is 0 Å². The summed E-state index contributed by atoms with van der Waals surface area (Å²) in [5, 5.41) is 9.33. The summed E-state index contributed by atoms with van der Waals surface area (Å²) in [6, 6.07) is 1.64. The summed E-state index contributed by atoms with van der Waals surface area (Å²) in [6.07, 6.45) is 8.23. The van der Waals surface area contributed by atoms with Crippen LogP contribution in [0.5, 0.6) is 0 Å². The maximum absolute atomic E-state index is 12.5. The minimum Gasteiger partial charge on any atom is -0.394 e. The first-order valence-corrected chi connectivity index (χ1v) is 7.54. The third-order valence-electron chi connectivity index (χ3n) is 4.46. The van der Waals surface area contributed by atoms with E-state index in [1.54, 1.807) is 17.2 Å². The third-order valence-corrected chi connectivity index (χ3v) is 4.46. The minimum absolute atomic E-state index is 0.0340. The molecule has 2 fully saturated rings. The van der Waals surface area contributed by atoms with E-state index >= 15 is 0 Å². The Labute approximate surface area is 119 Å². The van der Waals surface area contributed by atoms with Gasteiger partial charge in [0.1, 0.15) is 11.5 Å². The summed E-state index contributed by atoms with van der Waals surface area (Å²) in [7, 11) is 0. The molecular formula is C15H21N3O2. The molecule has 0 bridgehead atoms. The zero-order chi connectivity index (χ0) is 13.9. The van der Waals surface area contributed by atoms with Crippen molar-refractivity contribution in [3.8, 4) is 0 Å². The van der Waals surface area contributed by atoms with Crippen LogP contribution in [0.2, 0.25) is 0 Å². The molecule has 1 amide bonds. The van der Waals surface area contributed by atoms with Crippen molar-refractivity contribution in [2.24, 2.45) is 0 Å². The fourth-order valence-corrected chi connectivity index (χ4v) is 3.31. The van der Waals surface area contributed by atoms with E-state index in [4.69, 9.17) is 0 Å². The topological polar surface area (TPSA) is 66.3 Å². The largest absolute Gasteiger partial charge is 0.394 e. The summed E-state index contributed by atoms with van der Waals surface area (Å²) in [5.74, 6) is 1.16. The number of aromatic nitrogens is 2. The number of carbonyl (C=O) groups excluding carboxylic acids is 1. The van der Waals surface area contributed by atoms with Crippen molar-refractivity contribution in [1.29, 1.82) is 0 Å². The Morgan fingerprint density at radius 1 is 1.30 bits per heavy atom. The number of amides is 1. The number of carbonyl (C=O) groups is 1. The van der Waals surface area contributed by atoms with E-state index in [0.717, 1.165) is 31.5 Å². The molecule has 20 heavy (non-hydrogen) atoms. The number of hydrogen-bond donors (Lipinski definition) is 1. The maximum atomic E-state index is 12.5. The quantitative estimate of drug-likeness (QED) is 0.912. The SMILES string of the molecule is O=C(c1ccnc(C2CCCC2)n1)N1CCC[C@@H]1CO. The highest BCUT2D eigenvalue weighted by molar-refractivity contribution is 5.92. The van der Waals surface area contributed by atoms with Crippen LogP contribution in [0.4, 0.5) is 0 Å². The van der Waals surface area contributed by atoms with Gasteiger partial charge in [-0.2, -0.15) is 0 Å². The lowest BCUT2D eigenvalue weighted by atomic mass is 10.1. The van der Waals surface area contributed by atoms with Crippen molar-refractivity contribution in [3.05, 3.63) is 23.8 Å². The van der Waals surface area contributed by atoms with Crippen molar-refractivity contribution >= 4 is 5.91 Å². The lowest BCUT2D eigenvalue weighted by Crippen LogP contribution is -2.38. The number of aliphatic hydroxyl groups excluding tert-OH is 1. The number of rotatable bonds is 3. The van der Waals surface area contributed by atoms with Crippen LogP contribution >= 0.6 is 0 Å². The van der Waals surface area contributed by atoms with Gasteiger partial charge in [0.15, 0.2) is 0 Å². The number of likely N-dealkylation sites (tertiary alicyclic amines) is 1. The Morgan fingerprint density at radius 3 is 2.85 bits per heavy atom. The first kappa shape index (κ1) is 13.5. The van der Waals surface area contributed by atoms with Crippen LogP contribution in [-0.4, -0.2) is 45.1 Å². The van der Waals surface area contributed by atoms with E-state index in [0.29, 0.717) is 18.2 Å². The fraction of sp³-hybridized carbons (Fsp3) is 0.667. The summed E-state index contributed by atoms with van der Waals surface area (Å²) >= 11 is 0. The minimum atomic E-state index is -0.0665. The van der Waals surface area contributed by atoms with Crippen molar-refractivity contribution in [3.63, 3.8) is 0 Å². The molecule has 5 heteroatoms. The highest BCUT2D eigenvalue weighted by Crippen LogP contribution is 2.32. The molecule has 1 N–H and O–H groups in total. The van der Waals surface area contributed by atoms with Crippen LogP contribution in [-0.2, 0) is 0 Å². The van der Waals surface area contributed by atoms with Gasteiger partial charge >= 0.3 is 0 Å². The van der Waals surface area contributed by atoms with Gasteiger partial charge < -0.3 is 10.0 Å². The molecule has 5 nitrogen and oxygen atoms in total. The molecular weight excluding hydrogens is 254 g/mol. The predicted molar refractivity (Wildman–Crippen MR) is 74.4 cm³/mol. The van der Waals surface area contributed by atoms with Crippen LogP contribution in [0.1, 0.15) is 60.8 Å². The first-order valence-electron chi connectivity index (χ1n) is 7.54. The Balaban J connectivity index is 1.79. The van der Waals surface area contributed by atoms with E-state index < -0.39 is 0 Å². The highest BCUT2D eigenvalue weighted by Gasteiger charge is 2.30. The summed E-state index contributed by atoms with van der Waals surface area (Å²) < 4.78 is 0. The molecule has 0 radical (unpaired) electrons. The molecule has 3 rings (SSSR count). The van der Waals surface area contributed by atoms with E-state index in [2.05, 4.69) is 9.97 Å². The molecule has 0 unspecified atom stereocenters. The number of nitrogens with zero attached hydrogens (tertiary/aromatic N) is 3. The van der Waals surface area contributed by atoms with Gasteiger partial charge in [0.25, 0.3) is 5.91 Å². The maximum Gasteiger partial charge on any atom is 0.272 e. The molecule has 0 spiro atoms. The summed E-state index contributed by atoms with van der Waals surface area (Å²) in [4.78, 5) is 23.1. The second-order valence-electron chi connectivity index (χ2n) is 5.76. The third kappa shape index (κ3) is 2.54. The van der Waals surface area contributed by atoms with Gasteiger partial charge in [0, 0.05) is 18.7 Å². The first-order chi connectivity index (χ1) is 9.79. The van der Waals surface area contributed by atoms with Gasteiger partial charge in [0.05, 0.1) is 12.6 Å². The van der Waals surface area contributed by atoms with Crippen LogP contribution in [0.25, 0.3) is 0 Å². The predicted octanol–water partition coefficient (Wildman–Crippen LogP) is 1.73. The van der Waals surface area contributed by atoms with Crippen LogP contribution in [0.3, 0.4) is 0 Å². The Kier molecular flexibility index (Phi) is 3.96. The zero-order valence-corrected chi connectivity index (χ0v) is 11.7. The lowest BCUT2D eigenvalue weighted by Gasteiger charge is -2.22. The Hall–Kier alpha value is -1.49. The molecule has 2 aliphatic rings. The molecule has 1 atom stereocenters. The van der Waals surface area contributed by atoms with Gasteiger partial charge in [-0.25, -0.2) is 9.97 Å². The van der Waals surface area contributed by atoms with Gasteiger partial charge in [-0.1, -0.05) is 12.8 Å². The van der Waals surface area contributed by atoms with Gasteiger partial charge in [-0.05, 0) is 31.7 Å². The molecule has 108 valence electrons. The second kappa shape index (κ2) is 5.87. The lowest BCUT2D eigenvalue weighted by molar-refractivity contribution is 0.0671.